The number of nitrogens with zero attached hydrogens (tertiary/aromatic N) is 2. The lowest BCUT2D eigenvalue weighted by Crippen LogP contribution is -2.04. The lowest BCUT2D eigenvalue weighted by Gasteiger charge is -2.09. The molecule has 0 bridgehead atoms. The van der Waals surface area contributed by atoms with Gasteiger partial charge in [-0.1, -0.05) is 6.92 Å². The van der Waals surface area contributed by atoms with Crippen LogP contribution in [-0.4, -0.2) is 17.0 Å². The molecule has 2 rings (SSSR count). The number of aromatic nitrogens is 2. The standard InChI is InChI=1S/C12H15N3O/c1-4-9-8(2)11(13-3)15-12(14-9)10-6-5-7-16-10/h5-7H,4H2,1-3H3,(H,13,14,15). The average molecular weight is 217 g/mol. The van der Waals surface area contributed by atoms with E-state index in [0.717, 1.165) is 23.5 Å². The summed E-state index contributed by atoms with van der Waals surface area (Å²) in [5.74, 6) is 2.20. The van der Waals surface area contributed by atoms with Crippen LogP contribution >= 0.6 is 0 Å². The average Bonchev–Trinajstić information content (AvgIpc) is 2.83. The number of furan rings is 1. The number of aryl methyl sites for hydroxylation is 1. The molecular weight excluding hydrogens is 202 g/mol. The molecule has 0 unspecified atom stereocenters. The lowest BCUT2D eigenvalue weighted by molar-refractivity contribution is 0.576. The molecule has 1 N–H and O–H groups in total. The first-order valence-electron chi connectivity index (χ1n) is 5.35. The number of hydrogen-bond acceptors (Lipinski definition) is 4. The predicted molar refractivity (Wildman–Crippen MR) is 63.4 cm³/mol. The van der Waals surface area contributed by atoms with E-state index in [9.17, 15) is 0 Å². The summed E-state index contributed by atoms with van der Waals surface area (Å²) < 4.78 is 5.31. The van der Waals surface area contributed by atoms with E-state index in [1.807, 2.05) is 26.1 Å². The van der Waals surface area contributed by atoms with Gasteiger partial charge in [0.1, 0.15) is 5.82 Å². The van der Waals surface area contributed by atoms with Gasteiger partial charge in [-0.2, -0.15) is 0 Å². The fourth-order valence-corrected chi connectivity index (χ4v) is 1.67. The van der Waals surface area contributed by atoms with Crippen LogP contribution in [0, 0.1) is 6.92 Å². The van der Waals surface area contributed by atoms with Gasteiger partial charge in [-0.25, -0.2) is 9.97 Å². The minimum atomic E-state index is 0.636. The van der Waals surface area contributed by atoms with Crippen molar-refractivity contribution >= 4 is 5.82 Å². The van der Waals surface area contributed by atoms with Crippen LogP contribution < -0.4 is 5.32 Å². The molecule has 16 heavy (non-hydrogen) atoms. The van der Waals surface area contributed by atoms with Gasteiger partial charge >= 0.3 is 0 Å². The Labute approximate surface area is 94.7 Å². The van der Waals surface area contributed by atoms with Crippen molar-refractivity contribution < 1.29 is 4.42 Å². The molecule has 0 radical (unpaired) electrons. The van der Waals surface area contributed by atoms with Gasteiger partial charge in [0.2, 0.25) is 0 Å². The van der Waals surface area contributed by atoms with Gasteiger partial charge in [-0.05, 0) is 25.5 Å². The second-order valence-electron chi connectivity index (χ2n) is 3.55. The summed E-state index contributed by atoms with van der Waals surface area (Å²) in [4.78, 5) is 8.92. The number of nitrogens with one attached hydrogen (secondary N) is 1. The van der Waals surface area contributed by atoms with Crippen molar-refractivity contribution in [1.82, 2.24) is 9.97 Å². The smallest absolute Gasteiger partial charge is 0.197 e. The van der Waals surface area contributed by atoms with Gasteiger partial charge < -0.3 is 9.73 Å². The summed E-state index contributed by atoms with van der Waals surface area (Å²) in [7, 11) is 1.86. The highest BCUT2D eigenvalue weighted by atomic mass is 16.3. The number of anilines is 1. The molecule has 2 aromatic rings. The molecule has 4 nitrogen and oxygen atoms in total. The van der Waals surface area contributed by atoms with E-state index in [-0.39, 0.29) is 0 Å². The molecule has 0 saturated carbocycles. The molecule has 0 amide bonds. The third kappa shape index (κ3) is 1.78. The highest BCUT2D eigenvalue weighted by Crippen LogP contribution is 2.22. The molecule has 0 aliphatic carbocycles. The van der Waals surface area contributed by atoms with Gasteiger partial charge in [0.15, 0.2) is 11.6 Å². The fourth-order valence-electron chi connectivity index (χ4n) is 1.67. The maximum absolute atomic E-state index is 5.31. The highest BCUT2D eigenvalue weighted by molar-refractivity contribution is 5.54. The first-order valence-corrected chi connectivity index (χ1v) is 5.35. The van der Waals surface area contributed by atoms with E-state index >= 15 is 0 Å². The van der Waals surface area contributed by atoms with Crippen LogP contribution in [0.2, 0.25) is 0 Å². The Bertz CT molecular complexity index is 452. The Morgan fingerprint density at radius 1 is 1.38 bits per heavy atom. The van der Waals surface area contributed by atoms with Crippen LogP contribution in [0.5, 0.6) is 0 Å². The molecule has 0 aromatic carbocycles. The first-order chi connectivity index (χ1) is 7.76. The van der Waals surface area contributed by atoms with E-state index in [1.54, 1.807) is 6.26 Å². The maximum Gasteiger partial charge on any atom is 0.197 e. The molecule has 0 atom stereocenters. The van der Waals surface area contributed by atoms with E-state index in [0.29, 0.717) is 11.6 Å². The van der Waals surface area contributed by atoms with E-state index < -0.39 is 0 Å². The van der Waals surface area contributed by atoms with Crippen molar-refractivity contribution in [2.75, 3.05) is 12.4 Å². The van der Waals surface area contributed by atoms with E-state index in [1.165, 1.54) is 0 Å². The van der Waals surface area contributed by atoms with Crippen LogP contribution in [0.3, 0.4) is 0 Å². The molecule has 84 valence electrons. The normalized spacial score (nSPS) is 10.4. The fraction of sp³-hybridized carbons (Fsp3) is 0.333. The van der Waals surface area contributed by atoms with E-state index in [4.69, 9.17) is 4.42 Å². The molecule has 0 fully saturated rings. The minimum absolute atomic E-state index is 0.636. The Kier molecular flexibility index (Phi) is 2.90. The molecule has 0 saturated heterocycles. The summed E-state index contributed by atoms with van der Waals surface area (Å²) in [5.41, 5.74) is 2.14. The van der Waals surface area contributed by atoms with Gasteiger partial charge in [0, 0.05) is 18.3 Å². The predicted octanol–water partition coefficient (Wildman–Crippen LogP) is 2.65. The second-order valence-corrected chi connectivity index (χ2v) is 3.55. The minimum Gasteiger partial charge on any atom is -0.461 e. The van der Waals surface area contributed by atoms with Gasteiger partial charge in [-0.3, -0.25) is 0 Å². The second kappa shape index (κ2) is 4.35. The zero-order chi connectivity index (χ0) is 11.5. The number of hydrogen-bond donors (Lipinski definition) is 1. The first kappa shape index (κ1) is 10.7. The van der Waals surface area contributed by atoms with Crippen molar-refractivity contribution in [3.05, 3.63) is 29.7 Å². The highest BCUT2D eigenvalue weighted by Gasteiger charge is 2.11. The topological polar surface area (TPSA) is 51.0 Å². The molecular formula is C12H15N3O. The Morgan fingerprint density at radius 2 is 2.19 bits per heavy atom. The summed E-state index contributed by atoms with van der Waals surface area (Å²) >= 11 is 0. The molecule has 0 aliphatic rings. The van der Waals surface area contributed by atoms with Crippen molar-refractivity contribution in [3.63, 3.8) is 0 Å². The van der Waals surface area contributed by atoms with Gasteiger partial charge in [-0.15, -0.1) is 0 Å². The summed E-state index contributed by atoms with van der Waals surface area (Å²) in [5, 5.41) is 3.08. The monoisotopic (exact) mass is 217 g/mol. The van der Waals surface area contributed by atoms with Crippen LogP contribution in [0.25, 0.3) is 11.6 Å². The summed E-state index contributed by atoms with van der Waals surface area (Å²) in [6.07, 6.45) is 2.51. The van der Waals surface area contributed by atoms with Crippen LogP contribution in [-0.2, 0) is 6.42 Å². The van der Waals surface area contributed by atoms with Crippen LogP contribution in [0.1, 0.15) is 18.2 Å². The molecule has 2 heterocycles. The summed E-state index contributed by atoms with van der Waals surface area (Å²) in [6.45, 7) is 4.11. The molecule has 4 heteroatoms. The molecule has 0 aliphatic heterocycles. The van der Waals surface area contributed by atoms with Crippen LogP contribution in [0.4, 0.5) is 5.82 Å². The lowest BCUT2D eigenvalue weighted by atomic mass is 10.2. The SMILES string of the molecule is CCc1nc(-c2ccco2)nc(NC)c1C. The van der Waals surface area contributed by atoms with Crippen molar-refractivity contribution in [2.45, 2.75) is 20.3 Å². The Hall–Kier alpha value is -1.84. The third-order valence-electron chi connectivity index (χ3n) is 2.56. The van der Waals surface area contributed by atoms with Crippen molar-refractivity contribution in [1.29, 1.82) is 0 Å². The van der Waals surface area contributed by atoms with E-state index in [2.05, 4.69) is 22.2 Å². The molecule has 2 aromatic heterocycles. The van der Waals surface area contributed by atoms with Gasteiger partial charge in [0.05, 0.1) is 6.26 Å². The van der Waals surface area contributed by atoms with Crippen molar-refractivity contribution in [2.24, 2.45) is 0 Å². The number of rotatable bonds is 3. The van der Waals surface area contributed by atoms with Gasteiger partial charge in [0.25, 0.3) is 0 Å². The zero-order valence-electron chi connectivity index (χ0n) is 9.74. The Morgan fingerprint density at radius 3 is 2.75 bits per heavy atom. The van der Waals surface area contributed by atoms with Crippen LogP contribution in [0.15, 0.2) is 22.8 Å². The largest absolute Gasteiger partial charge is 0.461 e. The third-order valence-corrected chi connectivity index (χ3v) is 2.56. The quantitative estimate of drug-likeness (QED) is 0.858. The molecule has 0 spiro atoms. The maximum atomic E-state index is 5.31. The van der Waals surface area contributed by atoms with Crippen molar-refractivity contribution in [3.8, 4) is 11.6 Å². The zero-order valence-corrected chi connectivity index (χ0v) is 9.74. The summed E-state index contributed by atoms with van der Waals surface area (Å²) in [6, 6.07) is 3.70. The Balaban J connectivity index is 2.56.